The highest BCUT2D eigenvalue weighted by atomic mass is 28.4. The van der Waals surface area contributed by atoms with Gasteiger partial charge in [0, 0.05) is 0 Å². The first-order chi connectivity index (χ1) is 53.2. The molecule has 0 spiro atoms. The highest BCUT2D eigenvalue weighted by Gasteiger charge is 2.68. The summed E-state index contributed by atoms with van der Waals surface area (Å²) in [6, 6.07) is 79.3. The highest BCUT2D eigenvalue weighted by Crippen LogP contribution is 2.50. The fourth-order valence-electron chi connectivity index (χ4n) is 15.6. The monoisotopic (exact) mass is 1550 g/mol. The number of hydrogen-bond donors (Lipinski definition) is 3. The van der Waals surface area contributed by atoms with Crippen LogP contribution in [0.3, 0.4) is 0 Å². The van der Waals surface area contributed by atoms with Crippen molar-refractivity contribution in [3.05, 3.63) is 276 Å². The van der Waals surface area contributed by atoms with E-state index in [-0.39, 0.29) is 46.2 Å². The van der Waals surface area contributed by atoms with Crippen LogP contribution in [-0.2, 0) is 115 Å². The van der Waals surface area contributed by atoms with E-state index in [4.69, 9.17) is 75.2 Å². The van der Waals surface area contributed by atoms with Crippen molar-refractivity contribution in [3.63, 3.8) is 0 Å². The summed E-state index contributed by atoms with van der Waals surface area (Å²) in [5.41, 5.74) is 4.93. The molecule has 8 aromatic rings. The first-order valence-corrected chi connectivity index (χ1v) is 43.8. The van der Waals surface area contributed by atoms with E-state index >= 15 is 0 Å². The zero-order chi connectivity index (χ0) is 78.2. The summed E-state index contributed by atoms with van der Waals surface area (Å²) < 4.78 is 117. The molecule has 5 heterocycles. The van der Waals surface area contributed by atoms with Crippen molar-refractivity contribution in [2.45, 2.75) is 254 Å². The van der Waals surface area contributed by atoms with Gasteiger partial charge in [-0.15, -0.1) is 0 Å². The smallest absolute Gasteiger partial charge is 0.261 e. The van der Waals surface area contributed by atoms with Gasteiger partial charge in [-0.25, -0.2) is 0 Å². The third kappa shape index (κ3) is 19.2. The van der Waals surface area contributed by atoms with Gasteiger partial charge in [0.05, 0.1) is 52.9 Å². The van der Waals surface area contributed by atoms with Crippen molar-refractivity contribution in [2.24, 2.45) is 0 Å². The summed E-state index contributed by atoms with van der Waals surface area (Å²) in [7, 11) is -6.63. The molecule has 0 aromatic heterocycles. The van der Waals surface area contributed by atoms with Crippen LogP contribution in [0.4, 0.5) is 0 Å². The van der Waals surface area contributed by atoms with E-state index in [1.165, 1.54) is 0 Å². The molecule has 19 nitrogen and oxygen atoms in total. The topological polar surface area (TPSA) is 208 Å². The maximum absolute atomic E-state index is 14.2. The van der Waals surface area contributed by atoms with Crippen LogP contribution >= 0.6 is 0 Å². The maximum Gasteiger partial charge on any atom is 0.261 e. The Labute approximate surface area is 656 Å². The van der Waals surface area contributed by atoms with Gasteiger partial charge in [-0.3, -0.25) is 0 Å². The summed E-state index contributed by atoms with van der Waals surface area (Å²) in [5.74, 6) is -4.68. The summed E-state index contributed by atoms with van der Waals surface area (Å²) in [6.45, 7) is 23.8. The zero-order valence-corrected chi connectivity index (χ0v) is 67.9. The molecule has 0 aliphatic carbocycles. The van der Waals surface area contributed by atoms with Crippen LogP contribution in [0.15, 0.2) is 243 Å². The lowest BCUT2D eigenvalue weighted by molar-refractivity contribution is -0.413. The molecule has 0 bridgehead atoms. The lowest BCUT2D eigenvalue weighted by Crippen LogP contribution is -2.70. The molecule has 13 rings (SSSR count). The Morgan fingerprint density at radius 2 is 0.811 bits per heavy atom. The van der Waals surface area contributed by atoms with Crippen LogP contribution in [0.5, 0.6) is 0 Å². The Kier molecular flexibility index (Phi) is 26.5. The Morgan fingerprint density at radius 3 is 1.27 bits per heavy atom. The molecule has 5 aliphatic rings. The number of fused-ring (bicyclic) bond motifs is 3. The fourth-order valence-corrected chi connectivity index (χ4v) is 21.5. The molecule has 0 saturated carbocycles. The van der Waals surface area contributed by atoms with Crippen molar-refractivity contribution in [1.29, 1.82) is 0 Å². The van der Waals surface area contributed by atoms with E-state index in [0.717, 1.165) is 43.8 Å². The molecule has 594 valence electrons. The molecular formula is C90H112O19Si2. The van der Waals surface area contributed by atoms with Crippen LogP contribution in [0.1, 0.15) is 103 Å². The van der Waals surface area contributed by atoms with Gasteiger partial charge < -0.3 is 90.5 Å². The van der Waals surface area contributed by atoms with Gasteiger partial charge in [0.2, 0.25) is 5.79 Å². The van der Waals surface area contributed by atoms with Crippen LogP contribution in [0, 0.1) is 0 Å². The van der Waals surface area contributed by atoms with Crippen molar-refractivity contribution < 1.29 is 90.5 Å². The average Bonchev–Trinajstić information content (AvgIpc) is 1.60. The van der Waals surface area contributed by atoms with Crippen LogP contribution in [0.25, 0.3) is 0 Å². The van der Waals surface area contributed by atoms with E-state index in [0.29, 0.717) is 0 Å². The molecule has 3 N–H and O–H groups in total. The molecule has 111 heavy (non-hydrogen) atoms. The minimum Gasteiger partial charge on any atom is -0.408 e. The number of rotatable bonds is 33. The summed E-state index contributed by atoms with van der Waals surface area (Å²) in [4.78, 5) is 0. The van der Waals surface area contributed by atoms with E-state index in [9.17, 15) is 15.3 Å². The molecule has 8 aromatic carbocycles. The Morgan fingerprint density at radius 1 is 0.414 bits per heavy atom. The molecule has 2 unspecified atom stereocenters. The third-order valence-electron chi connectivity index (χ3n) is 22.1. The van der Waals surface area contributed by atoms with Crippen LogP contribution < -0.4 is 10.4 Å². The molecule has 21 heteroatoms. The standard InChI is InChI=1S/C90H112O19Si2/c1-86(2,3)110(11,12)109-75(72(93)71(92)74-79-80(105-88(7,8)104-79)82-85(101-74)107-89(9,10)106-82)78-76(96-55-63-41-25-15-26-42-63)77(97-56-64-43-27-16-28-44-64)81(98-57-65-45-29-17-30-46-65)84(102-78)108-90(70(91)60-94-53-61-37-21-13-22-38-61)83(99-58-66-47-31-18-32-48-66)73(95-54-62-39-23-14-24-40-62)69(103-90)59-100-111(87(4,5)6,67-49-33-19-34-50-67)68-51-35-20-36-52-68/h13-52,69-85,91-93H,53-60H2,1-12H3/t69-,70?,71+,72+,73-,74-,75?,76+,77+,78-,79+,80+,81-,82-,83+,84-,85+,90+/m1/s1. The second-order valence-corrected chi connectivity index (χ2v) is 42.2. The lowest BCUT2D eigenvalue weighted by Gasteiger charge is -2.53. The first kappa shape index (κ1) is 82.4. The van der Waals surface area contributed by atoms with E-state index in [1.54, 1.807) is 27.7 Å². The van der Waals surface area contributed by atoms with E-state index < -0.39 is 155 Å². The van der Waals surface area contributed by atoms with Crippen molar-refractivity contribution >= 4 is 27.0 Å². The van der Waals surface area contributed by atoms with Crippen molar-refractivity contribution in [1.82, 2.24) is 0 Å². The van der Waals surface area contributed by atoms with Crippen LogP contribution in [-0.4, -0.2) is 167 Å². The Bertz CT molecular complexity index is 4090. The Hall–Kier alpha value is -6.57. The zero-order valence-electron chi connectivity index (χ0n) is 65.9. The first-order valence-electron chi connectivity index (χ1n) is 39.0. The number of aliphatic hydroxyl groups excluding tert-OH is 3. The quantitative estimate of drug-likeness (QED) is 0.0327. The van der Waals surface area contributed by atoms with E-state index in [2.05, 4.69) is 78.9 Å². The number of benzene rings is 8. The van der Waals surface area contributed by atoms with Crippen molar-refractivity contribution in [3.8, 4) is 0 Å². The summed E-state index contributed by atoms with van der Waals surface area (Å²) in [6.07, 6.45) is -22.6. The summed E-state index contributed by atoms with van der Waals surface area (Å²) in [5, 5.41) is 42.8. The molecule has 0 radical (unpaired) electrons. The van der Waals surface area contributed by atoms with Gasteiger partial charge in [0.25, 0.3) is 8.32 Å². The Balaban J connectivity index is 1.02. The molecule has 5 saturated heterocycles. The highest BCUT2D eigenvalue weighted by molar-refractivity contribution is 6.99. The second kappa shape index (κ2) is 35.7. The maximum atomic E-state index is 14.2. The number of ether oxygens (including phenoxy) is 14. The minimum absolute atomic E-state index is 0.00173. The lowest BCUT2D eigenvalue weighted by atomic mass is 9.87. The SMILES string of the molecule is CC1(C)O[C@@H]2[C@H](O1)[C@H]1OC(C)(C)O[C@@H]1O[C@@H]2[C@@H](O)[C@H](O)C(O[Si](C)(C)C(C)(C)C)[C@H]1O[C@H](O[C@]2(C(O)COCc3ccccc3)O[C@H](CO[Si](c3ccccc3)(c3ccccc3)C(C)(C)C)[C@@H](OCc3ccccc3)[C@@H]2OCc2ccccc2)[C@H](OCc2ccccc2)[C@@H](OCc2ccccc2)[C@@H]1OCc1ccccc1. The predicted octanol–water partition coefficient (Wildman–Crippen LogP) is 13.4. The van der Waals surface area contributed by atoms with Gasteiger partial charge in [-0.1, -0.05) is 284 Å². The average molecular weight is 1550 g/mol. The second-order valence-electron chi connectivity index (χ2n) is 33.2. The largest absolute Gasteiger partial charge is 0.408 e. The number of hydrogen-bond acceptors (Lipinski definition) is 19. The third-order valence-corrected chi connectivity index (χ3v) is 31.6. The van der Waals surface area contributed by atoms with E-state index in [1.807, 2.05) is 218 Å². The molecule has 0 amide bonds. The summed E-state index contributed by atoms with van der Waals surface area (Å²) >= 11 is 0. The molecular weight excluding hydrogens is 1440 g/mol. The molecule has 18 atom stereocenters. The van der Waals surface area contributed by atoms with Gasteiger partial charge >= 0.3 is 0 Å². The van der Waals surface area contributed by atoms with Gasteiger partial charge in [-0.05, 0) is 94.6 Å². The van der Waals surface area contributed by atoms with Gasteiger partial charge in [0.15, 0.2) is 32.5 Å². The van der Waals surface area contributed by atoms with Gasteiger partial charge in [-0.2, -0.15) is 0 Å². The van der Waals surface area contributed by atoms with Crippen molar-refractivity contribution in [2.75, 3.05) is 13.2 Å². The fraction of sp³-hybridized carbons (Fsp3) is 0.467. The molecule has 5 fully saturated rings. The molecule has 5 aliphatic heterocycles. The normalized spacial score (nSPS) is 27.7. The number of aliphatic hydroxyl groups is 3. The minimum atomic E-state index is -3.43. The predicted molar refractivity (Wildman–Crippen MR) is 425 cm³/mol. The van der Waals surface area contributed by atoms with Crippen LogP contribution in [0.2, 0.25) is 23.2 Å². The van der Waals surface area contributed by atoms with Gasteiger partial charge in [0.1, 0.15) is 91.6 Å².